The Balaban J connectivity index is 0.00000249. The first-order valence-electron chi connectivity index (χ1n) is 19.7. The third-order valence-electron chi connectivity index (χ3n) is 12.8. The van der Waals surface area contributed by atoms with Crippen molar-refractivity contribution in [2.24, 2.45) is 11.3 Å². The van der Waals surface area contributed by atoms with Gasteiger partial charge in [0.05, 0.1) is 0 Å². The molecule has 0 aromatic heterocycles. The Labute approximate surface area is 345 Å². The van der Waals surface area contributed by atoms with Crippen LogP contribution in [0.3, 0.4) is 0 Å². The zero-order valence-electron chi connectivity index (χ0n) is 33.9. The minimum Gasteiger partial charge on any atom is -1.00 e. The van der Waals surface area contributed by atoms with Gasteiger partial charge in [0.1, 0.15) is 0 Å². The van der Waals surface area contributed by atoms with Crippen molar-refractivity contribution in [3.63, 3.8) is 0 Å². The molecule has 8 rings (SSSR count). The molecule has 0 bridgehead atoms. The normalized spacial score (nSPS) is 18.9. The molecule has 4 aromatic rings. The third kappa shape index (κ3) is 6.84. The summed E-state index contributed by atoms with van der Waals surface area (Å²) in [5.41, 5.74) is 19.6. The standard InChI is InChI=1S/C27H29.C13H10.C11H17.2ClH.Zr/c1-16-7-9-26(3,4)24-12-18-11-19-13-25-21(17(2)8-10-27(25,5)6)15-23(19)22(18)14-20(16)24;1-3-7-12(8-4-1)11-13-9-5-2-6-10-13;1-5-9-6-7-10(8-9)11(2,3)4;;;/h7-8,11-15H,9-10H2,1-6H3;1-10H;7-9H,5H2,1-4H3;2*1H;/q;;;;;+2/p-2. The molecule has 4 aromatic carbocycles. The molecule has 0 nitrogen and oxygen atoms in total. The molecule has 0 N–H and O–H groups in total. The van der Waals surface area contributed by atoms with E-state index in [9.17, 15) is 0 Å². The number of hydrogen-bond acceptors (Lipinski definition) is 0. The van der Waals surface area contributed by atoms with Crippen molar-refractivity contribution in [2.75, 3.05) is 0 Å². The van der Waals surface area contributed by atoms with E-state index in [1.54, 1.807) is 17.6 Å². The van der Waals surface area contributed by atoms with Crippen molar-refractivity contribution < 1.29 is 46.1 Å². The van der Waals surface area contributed by atoms with E-state index in [-0.39, 0.29) is 41.1 Å². The quantitative estimate of drug-likeness (QED) is 0.194. The first kappa shape index (κ1) is 40.8. The summed E-state index contributed by atoms with van der Waals surface area (Å²) in [6.07, 6.45) is 13.7. The van der Waals surface area contributed by atoms with Gasteiger partial charge in [-0.15, -0.1) is 0 Å². The molecule has 1 unspecified atom stereocenters. The Hall–Kier alpha value is -2.83. The maximum Gasteiger partial charge on any atom is -1.00 e. The van der Waals surface area contributed by atoms with Gasteiger partial charge >= 0.3 is 324 Å². The van der Waals surface area contributed by atoms with Crippen molar-refractivity contribution in [3.05, 3.63) is 163 Å². The molecule has 0 amide bonds. The van der Waals surface area contributed by atoms with E-state index in [0.717, 1.165) is 19.3 Å². The molecule has 0 spiro atoms. The second kappa shape index (κ2) is 14.9. The van der Waals surface area contributed by atoms with Gasteiger partial charge in [-0.05, 0) is 0 Å². The molecule has 54 heavy (non-hydrogen) atoms. The number of hydrogen-bond donors (Lipinski definition) is 0. The molecule has 0 radical (unpaired) electrons. The monoisotopic (exact) mass is 828 g/mol. The van der Waals surface area contributed by atoms with Crippen LogP contribution in [0, 0.1) is 11.3 Å². The average Bonchev–Trinajstić information content (AvgIpc) is 3.70. The van der Waals surface area contributed by atoms with E-state index in [1.165, 1.54) is 61.2 Å². The Bertz CT molecular complexity index is 2140. The van der Waals surface area contributed by atoms with Crippen molar-refractivity contribution in [1.29, 1.82) is 0 Å². The molecule has 3 heteroatoms. The van der Waals surface area contributed by atoms with Crippen molar-refractivity contribution >= 4 is 14.4 Å². The first-order chi connectivity index (χ1) is 24.7. The number of halogens is 2. The van der Waals surface area contributed by atoms with Crippen LogP contribution in [0.25, 0.3) is 22.3 Å². The van der Waals surface area contributed by atoms with Crippen LogP contribution >= 0.6 is 0 Å². The molecule has 0 fully saturated rings. The van der Waals surface area contributed by atoms with Gasteiger partial charge in [-0.1, -0.05) is 0 Å². The van der Waals surface area contributed by atoms with Gasteiger partial charge in [0.25, 0.3) is 0 Å². The Morgan fingerprint density at radius 2 is 1.11 bits per heavy atom. The van der Waals surface area contributed by atoms with Gasteiger partial charge in [-0.3, -0.25) is 0 Å². The number of rotatable bonds is 5. The van der Waals surface area contributed by atoms with Crippen LogP contribution in [-0.2, 0) is 32.1 Å². The van der Waals surface area contributed by atoms with Crippen molar-refractivity contribution in [2.45, 2.75) is 103 Å². The summed E-state index contributed by atoms with van der Waals surface area (Å²) in [5.74, 6) is 0.469. The fraction of sp³-hybridized carbons (Fsp3) is 0.353. The van der Waals surface area contributed by atoms with E-state index in [1.807, 2.05) is 0 Å². The molecule has 0 saturated carbocycles. The number of benzene rings is 4. The maximum atomic E-state index is 2.72. The zero-order chi connectivity index (χ0) is 36.7. The van der Waals surface area contributed by atoms with E-state index < -0.39 is 21.3 Å². The molecule has 0 saturated heterocycles. The minimum atomic E-state index is -2.98. The molecular weight excluding hydrogens is 775 g/mol. The maximum absolute atomic E-state index is 2.98. The predicted octanol–water partition coefficient (Wildman–Crippen LogP) is 7.72. The van der Waals surface area contributed by atoms with Gasteiger partial charge in [0.2, 0.25) is 0 Å². The van der Waals surface area contributed by atoms with Crippen LogP contribution in [0.5, 0.6) is 0 Å². The fourth-order valence-electron chi connectivity index (χ4n) is 9.54. The summed E-state index contributed by atoms with van der Waals surface area (Å²) < 4.78 is 3.78. The first-order valence-corrected chi connectivity index (χ1v) is 23.6. The summed E-state index contributed by atoms with van der Waals surface area (Å²) in [7, 11) is 0. The second-order valence-corrected chi connectivity index (χ2v) is 24.5. The number of allylic oxidation sites excluding steroid dienone is 8. The van der Waals surface area contributed by atoms with Gasteiger partial charge in [-0.2, -0.15) is 0 Å². The Morgan fingerprint density at radius 1 is 0.667 bits per heavy atom. The molecule has 4 aliphatic carbocycles. The fourth-order valence-corrected chi connectivity index (χ4v) is 19.3. The molecule has 0 heterocycles. The Kier molecular flexibility index (Phi) is 11.3. The smallest absolute Gasteiger partial charge is 1.00 e. The molecule has 4 aliphatic rings. The largest absolute Gasteiger partial charge is 1.00 e. The summed E-state index contributed by atoms with van der Waals surface area (Å²) in [5, 5.41) is 0. The predicted molar refractivity (Wildman–Crippen MR) is 222 cm³/mol. The molecule has 0 aliphatic heterocycles. The van der Waals surface area contributed by atoms with Gasteiger partial charge < -0.3 is 24.8 Å². The average molecular weight is 831 g/mol. The van der Waals surface area contributed by atoms with E-state index >= 15 is 0 Å². The van der Waals surface area contributed by atoms with E-state index in [4.69, 9.17) is 0 Å². The van der Waals surface area contributed by atoms with E-state index in [2.05, 4.69) is 178 Å². The topological polar surface area (TPSA) is 0 Å². The van der Waals surface area contributed by atoms with Crippen LogP contribution < -0.4 is 24.8 Å². The third-order valence-corrected chi connectivity index (χ3v) is 21.3. The summed E-state index contributed by atoms with van der Waals surface area (Å²) >= 11 is -2.98. The van der Waals surface area contributed by atoms with Crippen LogP contribution in [0.4, 0.5) is 0 Å². The minimum absolute atomic E-state index is 0. The van der Waals surface area contributed by atoms with Gasteiger partial charge in [0, 0.05) is 0 Å². The van der Waals surface area contributed by atoms with E-state index in [0.29, 0.717) is 9.54 Å². The summed E-state index contributed by atoms with van der Waals surface area (Å²) in [4.78, 5) is 0. The molecular formula is C51H56Cl2Zr. The summed E-state index contributed by atoms with van der Waals surface area (Å²) in [6, 6.07) is 33.7. The molecule has 1 atom stereocenters. The van der Waals surface area contributed by atoms with Crippen LogP contribution in [0.15, 0.2) is 118 Å². The second-order valence-electron chi connectivity index (χ2n) is 18.4. The van der Waals surface area contributed by atoms with Crippen molar-refractivity contribution in [1.82, 2.24) is 0 Å². The number of fused-ring (bicyclic) bond motifs is 5. The SMILES string of the molecule is CCC1C=C(C(C)(C)C)C=[C]1[Zr+2](=[C](c1ccccc1)c1ccccc1)[CH]1c2cc3c(cc2-c2cc4c(cc21)C(C)(C)CC=C4C)C(C)=CCC3(C)C.[Cl-].[Cl-]. The van der Waals surface area contributed by atoms with Crippen molar-refractivity contribution in [3.8, 4) is 11.1 Å². The van der Waals surface area contributed by atoms with Crippen LogP contribution in [-0.4, -0.2) is 3.21 Å². The van der Waals surface area contributed by atoms with Gasteiger partial charge in [0.15, 0.2) is 0 Å². The van der Waals surface area contributed by atoms with Crippen LogP contribution in [0.1, 0.15) is 137 Å². The Morgan fingerprint density at radius 3 is 1.52 bits per heavy atom. The van der Waals surface area contributed by atoms with Crippen LogP contribution in [0.2, 0.25) is 0 Å². The molecule has 278 valence electrons. The zero-order valence-corrected chi connectivity index (χ0v) is 37.9. The van der Waals surface area contributed by atoms with Gasteiger partial charge in [-0.25, -0.2) is 0 Å². The summed E-state index contributed by atoms with van der Waals surface area (Å²) in [6.45, 7) is 24.2.